The fourth-order valence-corrected chi connectivity index (χ4v) is 3.62. The lowest BCUT2D eigenvalue weighted by molar-refractivity contribution is 0.320. The Morgan fingerprint density at radius 2 is 1.57 bits per heavy atom. The molecule has 0 aliphatic rings. The molecule has 0 atom stereocenters. The minimum absolute atomic E-state index is 0.225. The van der Waals surface area contributed by atoms with Gasteiger partial charge >= 0.3 is 0 Å². The highest BCUT2D eigenvalue weighted by Gasteiger charge is 2.16. The van der Waals surface area contributed by atoms with E-state index in [-0.39, 0.29) is 13.2 Å². The van der Waals surface area contributed by atoms with E-state index in [2.05, 4.69) is 4.72 Å². The molecule has 1 N–H and O–H groups in total. The summed E-state index contributed by atoms with van der Waals surface area (Å²) in [5.74, 6) is 0.788. The molecular formula is C18H23NO3S. The Kier molecular flexibility index (Phi) is 5.44. The molecule has 124 valence electrons. The summed E-state index contributed by atoms with van der Waals surface area (Å²) in [6, 6.07) is 11.3. The van der Waals surface area contributed by atoms with Gasteiger partial charge in [0.2, 0.25) is 10.0 Å². The zero-order chi connectivity index (χ0) is 17.0. The van der Waals surface area contributed by atoms with E-state index < -0.39 is 10.0 Å². The lowest BCUT2D eigenvalue weighted by Crippen LogP contribution is -2.28. The first-order chi connectivity index (χ1) is 10.8. The molecular weight excluding hydrogens is 310 g/mol. The Hall–Kier alpha value is -1.85. The summed E-state index contributed by atoms with van der Waals surface area (Å²) in [7, 11) is -3.51. The number of sulfonamides is 1. The number of benzene rings is 2. The molecule has 0 amide bonds. The highest BCUT2D eigenvalue weighted by Crippen LogP contribution is 2.19. The van der Waals surface area contributed by atoms with Crippen molar-refractivity contribution in [1.29, 1.82) is 0 Å². The average Bonchev–Trinajstić information content (AvgIpc) is 2.46. The molecule has 0 heterocycles. The van der Waals surface area contributed by atoms with Crippen LogP contribution in [0.15, 0.2) is 41.3 Å². The van der Waals surface area contributed by atoms with Gasteiger partial charge in [0.15, 0.2) is 0 Å². The van der Waals surface area contributed by atoms with Gasteiger partial charge in [0.1, 0.15) is 12.4 Å². The van der Waals surface area contributed by atoms with Crippen LogP contribution < -0.4 is 9.46 Å². The number of aryl methyl sites for hydroxylation is 4. The maximum Gasteiger partial charge on any atom is 0.240 e. The fourth-order valence-electron chi connectivity index (χ4n) is 2.38. The third kappa shape index (κ3) is 4.56. The van der Waals surface area contributed by atoms with Gasteiger partial charge in [0.05, 0.1) is 4.90 Å². The Balaban J connectivity index is 1.96. The molecule has 5 heteroatoms. The summed E-state index contributed by atoms with van der Waals surface area (Å²) < 4.78 is 32.9. The van der Waals surface area contributed by atoms with Crippen LogP contribution in [0.5, 0.6) is 5.75 Å². The smallest absolute Gasteiger partial charge is 0.240 e. The molecule has 0 aliphatic heterocycles. The summed E-state index contributed by atoms with van der Waals surface area (Å²) in [6.07, 6.45) is 0. The predicted octanol–water partition coefficient (Wildman–Crippen LogP) is 3.28. The highest BCUT2D eigenvalue weighted by atomic mass is 32.2. The molecule has 0 aromatic heterocycles. The molecule has 0 aliphatic carbocycles. The second-order valence-corrected chi connectivity index (χ2v) is 7.52. The number of nitrogens with one attached hydrogen (secondary N) is 1. The lowest BCUT2D eigenvalue weighted by Gasteiger charge is -2.12. The summed E-state index contributed by atoms with van der Waals surface area (Å²) in [4.78, 5) is 0.315. The monoisotopic (exact) mass is 333 g/mol. The topological polar surface area (TPSA) is 55.4 Å². The first kappa shape index (κ1) is 17.5. The maximum absolute atomic E-state index is 12.3. The van der Waals surface area contributed by atoms with Crippen molar-refractivity contribution < 1.29 is 13.2 Å². The molecule has 0 saturated heterocycles. The Morgan fingerprint density at radius 1 is 0.913 bits per heavy atom. The molecule has 2 rings (SSSR count). The standard InChI is InChI=1S/C18H23NO3S/c1-13-6-8-18(16(4)11-13)23(20,21)19-9-10-22-17-12-14(2)5-7-15(17)3/h5-8,11-12,19H,9-10H2,1-4H3. The molecule has 4 nitrogen and oxygen atoms in total. The van der Waals surface area contributed by atoms with Gasteiger partial charge < -0.3 is 4.74 Å². The van der Waals surface area contributed by atoms with Gasteiger partial charge in [-0.25, -0.2) is 13.1 Å². The zero-order valence-corrected chi connectivity index (χ0v) is 14.8. The van der Waals surface area contributed by atoms with Gasteiger partial charge in [-0.15, -0.1) is 0 Å². The molecule has 0 bridgehead atoms. The van der Waals surface area contributed by atoms with Crippen LogP contribution in [0.3, 0.4) is 0 Å². The van der Waals surface area contributed by atoms with Gasteiger partial charge in [-0.05, 0) is 56.5 Å². The van der Waals surface area contributed by atoms with Gasteiger partial charge in [0.25, 0.3) is 0 Å². The number of hydrogen-bond donors (Lipinski definition) is 1. The zero-order valence-electron chi connectivity index (χ0n) is 14.0. The van der Waals surface area contributed by atoms with Crippen molar-refractivity contribution in [2.75, 3.05) is 13.2 Å². The quantitative estimate of drug-likeness (QED) is 0.826. The minimum atomic E-state index is -3.51. The molecule has 0 saturated carbocycles. The van der Waals surface area contributed by atoms with Gasteiger partial charge in [-0.3, -0.25) is 0 Å². The van der Waals surface area contributed by atoms with Crippen molar-refractivity contribution >= 4 is 10.0 Å². The average molecular weight is 333 g/mol. The minimum Gasteiger partial charge on any atom is -0.492 e. The Bertz CT molecular complexity index is 798. The van der Waals surface area contributed by atoms with Crippen LogP contribution in [0.4, 0.5) is 0 Å². The van der Waals surface area contributed by atoms with Crippen molar-refractivity contribution in [2.45, 2.75) is 32.6 Å². The summed E-state index contributed by atoms with van der Waals surface area (Å²) in [5.41, 5.74) is 3.93. The molecule has 2 aromatic carbocycles. The van der Waals surface area contributed by atoms with E-state index in [1.54, 1.807) is 19.1 Å². The van der Waals surface area contributed by atoms with Crippen molar-refractivity contribution in [3.05, 3.63) is 58.7 Å². The van der Waals surface area contributed by atoms with E-state index >= 15 is 0 Å². The maximum atomic E-state index is 12.3. The number of hydrogen-bond acceptors (Lipinski definition) is 3. The van der Waals surface area contributed by atoms with Gasteiger partial charge in [0, 0.05) is 6.54 Å². The number of ether oxygens (including phenoxy) is 1. The first-order valence-electron chi connectivity index (χ1n) is 7.56. The van der Waals surface area contributed by atoms with E-state index in [0.717, 1.165) is 28.0 Å². The van der Waals surface area contributed by atoms with Crippen LogP contribution in [0.25, 0.3) is 0 Å². The van der Waals surface area contributed by atoms with Crippen LogP contribution >= 0.6 is 0 Å². The van der Waals surface area contributed by atoms with E-state index in [0.29, 0.717) is 4.90 Å². The predicted molar refractivity (Wildman–Crippen MR) is 92.5 cm³/mol. The largest absolute Gasteiger partial charge is 0.492 e. The van der Waals surface area contributed by atoms with E-state index in [9.17, 15) is 8.42 Å². The first-order valence-corrected chi connectivity index (χ1v) is 9.05. The van der Waals surface area contributed by atoms with Crippen LogP contribution in [0, 0.1) is 27.7 Å². The molecule has 23 heavy (non-hydrogen) atoms. The van der Waals surface area contributed by atoms with Crippen molar-refractivity contribution in [1.82, 2.24) is 4.72 Å². The summed E-state index contributed by atoms with van der Waals surface area (Å²) >= 11 is 0. The Labute approximate surface area is 138 Å². The molecule has 0 unspecified atom stereocenters. The van der Waals surface area contributed by atoms with Crippen LogP contribution in [0.2, 0.25) is 0 Å². The van der Waals surface area contributed by atoms with E-state index in [1.807, 2.05) is 45.0 Å². The van der Waals surface area contributed by atoms with Crippen molar-refractivity contribution in [3.8, 4) is 5.75 Å². The summed E-state index contributed by atoms with van der Waals surface area (Å²) in [6.45, 7) is 8.21. The number of rotatable bonds is 6. The van der Waals surface area contributed by atoms with Gasteiger partial charge in [-0.1, -0.05) is 29.8 Å². The molecule has 0 fully saturated rings. The van der Waals surface area contributed by atoms with Gasteiger partial charge in [-0.2, -0.15) is 0 Å². The normalized spacial score (nSPS) is 11.5. The second-order valence-electron chi connectivity index (χ2n) is 5.78. The molecule has 0 radical (unpaired) electrons. The fraction of sp³-hybridized carbons (Fsp3) is 0.333. The highest BCUT2D eigenvalue weighted by molar-refractivity contribution is 7.89. The Morgan fingerprint density at radius 3 is 2.26 bits per heavy atom. The third-order valence-electron chi connectivity index (χ3n) is 3.62. The molecule has 2 aromatic rings. The molecule has 0 spiro atoms. The second kappa shape index (κ2) is 7.15. The third-order valence-corrected chi connectivity index (χ3v) is 5.24. The summed E-state index contributed by atoms with van der Waals surface area (Å²) in [5, 5.41) is 0. The van der Waals surface area contributed by atoms with Crippen molar-refractivity contribution in [3.63, 3.8) is 0 Å². The van der Waals surface area contributed by atoms with E-state index in [1.165, 1.54) is 0 Å². The lowest BCUT2D eigenvalue weighted by atomic mass is 10.1. The van der Waals surface area contributed by atoms with Crippen LogP contribution in [-0.2, 0) is 10.0 Å². The van der Waals surface area contributed by atoms with Crippen LogP contribution in [-0.4, -0.2) is 21.6 Å². The van der Waals surface area contributed by atoms with Crippen molar-refractivity contribution in [2.24, 2.45) is 0 Å². The van der Waals surface area contributed by atoms with E-state index in [4.69, 9.17) is 4.74 Å². The SMILES string of the molecule is Cc1ccc(S(=O)(=O)NCCOc2cc(C)ccc2C)c(C)c1. The van der Waals surface area contributed by atoms with Crippen LogP contribution in [0.1, 0.15) is 22.3 Å².